The molecule has 1 aromatic rings. The Bertz CT molecular complexity index is 352. The quantitative estimate of drug-likeness (QED) is 0.787. The third-order valence-electron chi connectivity index (χ3n) is 3.50. The van der Waals surface area contributed by atoms with Gasteiger partial charge in [0.2, 0.25) is 0 Å². The van der Waals surface area contributed by atoms with Crippen LogP contribution in [-0.2, 0) is 6.54 Å². The van der Waals surface area contributed by atoms with Crippen LogP contribution in [0.4, 0.5) is 0 Å². The molecule has 0 aliphatic carbocycles. The lowest BCUT2D eigenvalue weighted by atomic mass is 9.98. The maximum atomic E-state index is 9.10. The molecule has 0 bridgehead atoms. The second-order valence-electron chi connectivity index (χ2n) is 5.03. The monoisotopic (exact) mass is 238 g/mol. The predicted molar refractivity (Wildman–Crippen MR) is 66.5 cm³/mol. The Balaban J connectivity index is 2.00. The van der Waals surface area contributed by atoms with Crippen molar-refractivity contribution in [3.05, 3.63) is 18.2 Å². The first-order chi connectivity index (χ1) is 8.20. The maximum absolute atomic E-state index is 9.10. The summed E-state index contributed by atoms with van der Waals surface area (Å²) in [4.78, 5) is 6.51. The minimum Gasteiger partial charge on any atom is -0.394 e. The summed E-state index contributed by atoms with van der Waals surface area (Å²) >= 11 is 0. The van der Waals surface area contributed by atoms with Crippen LogP contribution in [0.25, 0.3) is 0 Å². The highest BCUT2D eigenvalue weighted by Crippen LogP contribution is 2.19. The van der Waals surface area contributed by atoms with Gasteiger partial charge < -0.3 is 20.3 Å². The number of aromatic nitrogens is 2. The molecular formula is C12H22N4O. The average molecular weight is 238 g/mol. The molecule has 2 unspecified atom stereocenters. The summed E-state index contributed by atoms with van der Waals surface area (Å²) in [7, 11) is 2.17. The van der Waals surface area contributed by atoms with Crippen molar-refractivity contribution in [1.29, 1.82) is 0 Å². The molecule has 1 fully saturated rings. The van der Waals surface area contributed by atoms with Gasteiger partial charge in [0.15, 0.2) is 0 Å². The molecule has 0 amide bonds. The van der Waals surface area contributed by atoms with E-state index in [1.165, 1.54) is 19.4 Å². The number of hydrogen-bond acceptors (Lipinski definition) is 4. The van der Waals surface area contributed by atoms with Gasteiger partial charge >= 0.3 is 0 Å². The molecule has 0 spiro atoms. The van der Waals surface area contributed by atoms with Crippen LogP contribution in [0.3, 0.4) is 0 Å². The van der Waals surface area contributed by atoms with Gasteiger partial charge in [-0.05, 0) is 32.4 Å². The zero-order valence-electron chi connectivity index (χ0n) is 10.4. The Morgan fingerprint density at radius 1 is 1.65 bits per heavy atom. The molecule has 1 aliphatic rings. The van der Waals surface area contributed by atoms with Gasteiger partial charge in [-0.25, -0.2) is 4.98 Å². The van der Waals surface area contributed by atoms with Crippen molar-refractivity contribution in [2.24, 2.45) is 11.7 Å². The minimum atomic E-state index is -0.321. The molecule has 2 rings (SSSR count). The van der Waals surface area contributed by atoms with Crippen molar-refractivity contribution >= 4 is 0 Å². The normalized spacial score (nSPS) is 23.8. The summed E-state index contributed by atoms with van der Waals surface area (Å²) in [5, 5.41) is 9.10. The van der Waals surface area contributed by atoms with Crippen molar-refractivity contribution < 1.29 is 5.11 Å². The Labute approximate surface area is 102 Å². The number of rotatable bonds is 4. The molecule has 2 atom stereocenters. The molecule has 2 heterocycles. The molecule has 5 heteroatoms. The summed E-state index contributed by atoms with van der Waals surface area (Å²) in [5.41, 5.74) is 6.78. The molecule has 1 aliphatic heterocycles. The largest absolute Gasteiger partial charge is 0.394 e. The van der Waals surface area contributed by atoms with Crippen molar-refractivity contribution in [1.82, 2.24) is 14.5 Å². The Hall–Kier alpha value is -0.910. The molecular weight excluding hydrogens is 216 g/mol. The molecule has 1 saturated heterocycles. The fourth-order valence-corrected chi connectivity index (χ4v) is 2.59. The van der Waals surface area contributed by atoms with Gasteiger partial charge in [-0.15, -0.1) is 0 Å². The average Bonchev–Trinajstić information content (AvgIpc) is 2.76. The first kappa shape index (κ1) is 12.5. The van der Waals surface area contributed by atoms with Crippen LogP contribution in [0.5, 0.6) is 0 Å². The summed E-state index contributed by atoms with van der Waals surface area (Å²) in [5.74, 6) is 0.660. The summed E-state index contributed by atoms with van der Waals surface area (Å²) in [6, 6.07) is -0.321. The number of aliphatic hydroxyl groups is 1. The van der Waals surface area contributed by atoms with Crippen molar-refractivity contribution in [3.8, 4) is 0 Å². The molecule has 0 radical (unpaired) electrons. The fraction of sp³-hybridized carbons (Fsp3) is 0.750. The topological polar surface area (TPSA) is 67.3 Å². The molecule has 96 valence electrons. The SMILES string of the molecule is CN1CCCC(Cn2cncc2C(N)CO)C1. The van der Waals surface area contributed by atoms with E-state index in [1.54, 1.807) is 6.20 Å². The molecule has 17 heavy (non-hydrogen) atoms. The highest BCUT2D eigenvalue weighted by Gasteiger charge is 2.19. The lowest BCUT2D eigenvalue weighted by molar-refractivity contribution is 0.191. The van der Waals surface area contributed by atoms with E-state index in [1.807, 2.05) is 6.33 Å². The van der Waals surface area contributed by atoms with E-state index in [9.17, 15) is 0 Å². The molecule has 5 nitrogen and oxygen atoms in total. The standard InChI is InChI=1S/C12H22N4O/c1-15-4-2-3-10(6-15)7-16-9-14-5-12(16)11(13)8-17/h5,9-11,17H,2-4,6-8,13H2,1H3. The highest BCUT2D eigenvalue weighted by atomic mass is 16.3. The lowest BCUT2D eigenvalue weighted by Gasteiger charge is -2.30. The van der Waals surface area contributed by atoms with Crippen LogP contribution >= 0.6 is 0 Å². The predicted octanol–water partition coefficient (Wildman–Crippen LogP) is 0.217. The molecule has 0 aromatic carbocycles. The number of aliphatic hydroxyl groups excluding tert-OH is 1. The van der Waals surface area contributed by atoms with Crippen molar-refractivity contribution in [2.45, 2.75) is 25.4 Å². The van der Waals surface area contributed by atoms with Crippen molar-refractivity contribution in [2.75, 3.05) is 26.7 Å². The van der Waals surface area contributed by atoms with Crippen LogP contribution in [0.15, 0.2) is 12.5 Å². The van der Waals surface area contributed by atoms with E-state index in [2.05, 4.69) is 21.5 Å². The van der Waals surface area contributed by atoms with E-state index in [0.717, 1.165) is 18.8 Å². The summed E-state index contributed by atoms with van der Waals surface area (Å²) in [6.07, 6.45) is 6.10. The van der Waals surface area contributed by atoms with E-state index in [-0.39, 0.29) is 12.6 Å². The molecule has 3 N–H and O–H groups in total. The van der Waals surface area contributed by atoms with E-state index in [4.69, 9.17) is 10.8 Å². The Kier molecular flexibility index (Phi) is 4.15. The maximum Gasteiger partial charge on any atom is 0.0948 e. The van der Waals surface area contributed by atoms with Crippen LogP contribution < -0.4 is 5.73 Å². The smallest absolute Gasteiger partial charge is 0.0948 e. The van der Waals surface area contributed by atoms with Gasteiger partial charge in [-0.3, -0.25) is 0 Å². The Morgan fingerprint density at radius 2 is 2.47 bits per heavy atom. The first-order valence-corrected chi connectivity index (χ1v) is 6.25. The number of nitrogens with zero attached hydrogens (tertiary/aromatic N) is 3. The number of imidazole rings is 1. The zero-order valence-corrected chi connectivity index (χ0v) is 10.4. The van der Waals surface area contributed by atoms with Crippen LogP contribution in [0.1, 0.15) is 24.6 Å². The summed E-state index contributed by atoms with van der Waals surface area (Å²) < 4.78 is 2.09. The molecule has 0 saturated carbocycles. The number of nitrogens with two attached hydrogens (primary N) is 1. The van der Waals surface area contributed by atoms with Gasteiger partial charge in [0.05, 0.1) is 24.7 Å². The van der Waals surface area contributed by atoms with Crippen molar-refractivity contribution in [3.63, 3.8) is 0 Å². The van der Waals surface area contributed by atoms with Gasteiger partial charge in [0, 0.05) is 19.3 Å². The number of piperidine rings is 1. The van der Waals surface area contributed by atoms with Crippen LogP contribution in [0.2, 0.25) is 0 Å². The van der Waals surface area contributed by atoms with E-state index >= 15 is 0 Å². The highest BCUT2D eigenvalue weighted by molar-refractivity contribution is 5.04. The van der Waals surface area contributed by atoms with Crippen LogP contribution in [0, 0.1) is 5.92 Å². The van der Waals surface area contributed by atoms with Gasteiger partial charge in [-0.2, -0.15) is 0 Å². The van der Waals surface area contributed by atoms with Gasteiger partial charge in [0.25, 0.3) is 0 Å². The number of hydrogen-bond donors (Lipinski definition) is 2. The minimum absolute atomic E-state index is 0.0315. The third kappa shape index (κ3) is 3.06. The van der Waals surface area contributed by atoms with Crippen LogP contribution in [-0.4, -0.2) is 46.3 Å². The van der Waals surface area contributed by atoms with E-state index < -0.39 is 0 Å². The second kappa shape index (κ2) is 5.62. The number of likely N-dealkylation sites (tertiary alicyclic amines) is 1. The third-order valence-corrected chi connectivity index (χ3v) is 3.50. The van der Waals surface area contributed by atoms with Gasteiger partial charge in [-0.1, -0.05) is 0 Å². The lowest BCUT2D eigenvalue weighted by Crippen LogP contribution is -2.34. The summed E-state index contributed by atoms with van der Waals surface area (Å²) in [6.45, 7) is 3.25. The zero-order chi connectivity index (χ0) is 12.3. The van der Waals surface area contributed by atoms with E-state index in [0.29, 0.717) is 5.92 Å². The first-order valence-electron chi connectivity index (χ1n) is 6.25. The second-order valence-corrected chi connectivity index (χ2v) is 5.03. The van der Waals surface area contributed by atoms with Gasteiger partial charge in [0.1, 0.15) is 0 Å². The molecule has 1 aromatic heterocycles. The Morgan fingerprint density at radius 3 is 3.18 bits per heavy atom. The fourth-order valence-electron chi connectivity index (χ4n) is 2.59.